The zero-order chi connectivity index (χ0) is 18.9. The second-order valence-corrected chi connectivity index (χ2v) is 6.31. The largest absolute Gasteiger partial charge is 0.352 e. The van der Waals surface area contributed by atoms with Crippen LogP contribution in [0.3, 0.4) is 0 Å². The van der Waals surface area contributed by atoms with Crippen molar-refractivity contribution in [2.24, 2.45) is 4.99 Å². The molecule has 28 heavy (non-hydrogen) atoms. The van der Waals surface area contributed by atoms with Crippen LogP contribution in [0.4, 0.5) is 0 Å². The Balaban J connectivity index is 0.00000280. The highest BCUT2D eigenvalue weighted by Crippen LogP contribution is 2.09. The molecule has 3 rings (SSSR count). The van der Waals surface area contributed by atoms with E-state index in [1.807, 2.05) is 4.68 Å². The molecule has 0 radical (unpaired) electrons. The summed E-state index contributed by atoms with van der Waals surface area (Å²) in [5.74, 6) is 0.794. The monoisotopic (exact) mass is 490 g/mol. The molecule has 2 aromatic carbocycles. The van der Waals surface area contributed by atoms with Crippen molar-refractivity contribution in [3.8, 4) is 0 Å². The lowest BCUT2D eigenvalue weighted by molar-refractivity contribution is 0.683. The topological polar surface area (TPSA) is 67.1 Å². The van der Waals surface area contributed by atoms with Crippen molar-refractivity contribution in [1.82, 2.24) is 25.4 Å². The van der Waals surface area contributed by atoms with Crippen LogP contribution in [0.5, 0.6) is 0 Å². The Kier molecular flexibility index (Phi) is 8.93. The van der Waals surface area contributed by atoms with Gasteiger partial charge >= 0.3 is 0 Å². The van der Waals surface area contributed by atoms with Crippen molar-refractivity contribution in [3.63, 3.8) is 0 Å². The molecule has 0 spiro atoms. The van der Waals surface area contributed by atoms with Gasteiger partial charge in [-0.3, -0.25) is 4.99 Å². The number of nitrogens with one attached hydrogen (secondary N) is 2. The Morgan fingerprint density at radius 1 is 1.00 bits per heavy atom. The lowest BCUT2D eigenvalue weighted by Gasteiger charge is -2.14. The maximum atomic E-state index is 4.33. The van der Waals surface area contributed by atoms with Gasteiger partial charge in [0.25, 0.3) is 0 Å². The Morgan fingerprint density at radius 2 is 1.75 bits per heavy atom. The molecule has 0 fully saturated rings. The Bertz CT molecular complexity index is 876. The SMILES string of the molecule is CCc1ccccc1CNC(=NC)NCc1cccc(Cn2cncn2)c1.I. The van der Waals surface area contributed by atoms with E-state index < -0.39 is 0 Å². The number of rotatable bonds is 7. The molecule has 0 atom stereocenters. The first kappa shape index (κ1) is 21.9. The molecular formula is C21H27IN6. The molecule has 0 aliphatic heterocycles. The van der Waals surface area contributed by atoms with E-state index in [9.17, 15) is 0 Å². The van der Waals surface area contributed by atoms with E-state index in [4.69, 9.17) is 0 Å². The molecule has 1 aromatic heterocycles. The van der Waals surface area contributed by atoms with Crippen molar-refractivity contribution < 1.29 is 0 Å². The van der Waals surface area contributed by atoms with Crippen LogP contribution in [-0.4, -0.2) is 27.8 Å². The predicted molar refractivity (Wildman–Crippen MR) is 124 cm³/mol. The standard InChI is InChI=1S/C21H26N6.HI/c1-3-19-9-4-5-10-20(19)13-25-21(22-2)24-12-17-7-6-8-18(11-17)14-27-16-23-15-26-27;/h4-11,15-16H,3,12-14H2,1-2H3,(H2,22,24,25);1H. The average Bonchev–Trinajstić information content (AvgIpc) is 3.21. The first-order chi connectivity index (χ1) is 13.3. The molecule has 0 saturated carbocycles. The minimum atomic E-state index is 0. The fraction of sp³-hybridized carbons (Fsp3) is 0.286. The van der Waals surface area contributed by atoms with Gasteiger partial charge in [-0.1, -0.05) is 55.5 Å². The Morgan fingerprint density at radius 3 is 2.46 bits per heavy atom. The fourth-order valence-corrected chi connectivity index (χ4v) is 3.00. The van der Waals surface area contributed by atoms with Gasteiger partial charge in [0.05, 0.1) is 6.54 Å². The van der Waals surface area contributed by atoms with Gasteiger partial charge in [-0.2, -0.15) is 5.10 Å². The molecule has 0 amide bonds. The molecule has 2 N–H and O–H groups in total. The number of halogens is 1. The molecule has 0 aliphatic rings. The van der Waals surface area contributed by atoms with E-state index in [2.05, 4.69) is 81.2 Å². The van der Waals surface area contributed by atoms with Crippen molar-refractivity contribution in [2.45, 2.75) is 33.0 Å². The summed E-state index contributed by atoms with van der Waals surface area (Å²) in [4.78, 5) is 8.31. The highest BCUT2D eigenvalue weighted by atomic mass is 127. The zero-order valence-corrected chi connectivity index (χ0v) is 18.6. The van der Waals surface area contributed by atoms with Crippen molar-refractivity contribution in [1.29, 1.82) is 0 Å². The third-order valence-electron chi connectivity index (χ3n) is 4.43. The Labute approximate surface area is 183 Å². The second-order valence-electron chi connectivity index (χ2n) is 6.31. The van der Waals surface area contributed by atoms with Crippen LogP contribution in [0.2, 0.25) is 0 Å². The van der Waals surface area contributed by atoms with E-state index in [1.54, 1.807) is 19.7 Å². The van der Waals surface area contributed by atoms with Gasteiger partial charge in [0, 0.05) is 20.1 Å². The lowest BCUT2D eigenvalue weighted by Crippen LogP contribution is -2.36. The summed E-state index contributed by atoms with van der Waals surface area (Å²) in [7, 11) is 1.79. The van der Waals surface area contributed by atoms with E-state index in [-0.39, 0.29) is 24.0 Å². The second kappa shape index (κ2) is 11.4. The lowest BCUT2D eigenvalue weighted by atomic mass is 10.1. The van der Waals surface area contributed by atoms with Gasteiger partial charge in [0.15, 0.2) is 5.96 Å². The average molecular weight is 490 g/mol. The number of nitrogens with zero attached hydrogens (tertiary/aromatic N) is 4. The number of benzene rings is 2. The molecular weight excluding hydrogens is 463 g/mol. The minimum absolute atomic E-state index is 0. The smallest absolute Gasteiger partial charge is 0.191 e. The molecule has 0 bridgehead atoms. The van der Waals surface area contributed by atoms with Crippen molar-refractivity contribution >= 4 is 29.9 Å². The fourth-order valence-electron chi connectivity index (χ4n) is 3.00. The maximum absolute atomic E-state index is 4.33. The Hall–Kier alpha value is -2.42. The number of aryl methyl sites for hydroxylation is 1. The summed E-state index contributed by atoms with van der Waals surface area (Å²) in [5.41, 5.74) is 5.06. The number of hydrogen-bond acceptors (Lipinski definition) is 3. The quantitative estimate of drug-likeness (QED) is 0.303. The highest BCUT2D eigenvalue weighted by Gasteiger charge is 2.03. The molecule has 3 aromatic rings. The third kappa shape index (κ3) is 6.33. The molecule has 0 unspecified atom stereocenters. The van der Waals surface area contributed by atoms with E-state index in [0.29, 0.717) is 13.1 Å². The van der Waals surface area contributed by atoms with Crippen LogP contribution in [0.1, 0.15) is 29.2 Å². The van der Waals surface area contributed by atoms with Gasteiger partial charge in [-0.05, 0) is 28.7 Å². The van der Waals surface area contributed by atoms with Crippen LogP contribution < -0.4 is 10.6 Å². The van der Waals surface area contributed by atoms with Crippen LogP contribution in [0.25, 0.3) is 0 Å². The van der Waals surface area contributed by atoms with Gasteiger partial charge in [0.2, 0.25) is 0 Å². The van der Waals surface area contributed by atoms with E-state index >= 15 is 0 Å². The van der Waals surface area contributed by atoms with Gasteiger partial charge < -0.3 is 10.6 Å². The number of hydrogen-bond donors (Lipinski definition) is 2. The summed E-state index contributed by atoms with van der Waals surface area (Å²) in [6.45, 7) is 4.36. The molecule has 1 heterocycles. The molecule has 0 saturated heterocycles. The van der Waals surface area contributed by atoms with Crippen LogP contribution >= 0.6 is 24.0 Å². The molecule has 0 aliphatic carbocycles. The predicted octanol–water partition coefficient (Wildman–Crippen LogP) is 3.37. The third-order valence-corrected chi connectivity index (χ3v) is 4.43. The van der Waals surface area contributed by atoms with Crippen LogP contribution in [-0.2, 0) is 26.1 Å². The molecule has 7 heteroatoms. The zero-order valence-electron chi connectivity index (χ0n) is 16.3. The van der Waals surface area contributed by atoms with E-state index in [0.717, 1.165) is 18.9 Å². The number of aliphatic imine (C=N–C) groups is 1. The first-order valence-corrected chi connectivity index (χ1v) is 9.20. The summed E-state index contributed by atoms with van der Waals surface area (Å²) in [5, 5.41) is 10.9. The van der Waals surface area contributed by atoms with Crippen molar-refractivity contribution in [3.05, 3.63) is 83.4 Å². The first-order valence-electron chi connectivity index (χ1n) is 9.20. The summed E-state index contributed by atoms with van der Waals surface area (Å²) in [6.07, 6.45) is 4.31. The highest BCUT2D eigenvalue weighted by molar-refractivity contribution is 14.0. The van der Waals surface area contributed by atoms with Crippen LogP contribution in [0.15, 0.2) is 66.2 Å². The van der Waals surface area contributed by atoms with Gasteiger partial charge in [0.1, 0.15) is 12.7 Å². The number of guanidine groups is 1. The number of aromatic nitrogens is 3. The molecule has 148 valence electrons. The van der Waals surface area contributed by atoms with Gasteiger partial charge in [-0.25, -0.2) is 9.67 Å². The van der Waals surface area contributed by atoms with Crippen molar-refractivity contribution in [2.75, 3.05) is 7.05 Å². The summed E-state index contributed by atoms with van der Waals surface area (Å²) < 4.78 is 1.82. The van der Waals surface area contributed by atoms with E-state index in [1.165, 1.54) is 22.3 Å². The maximum Gasteiger partial charge on any atom is 0.191 e. The normalized spacial score (nSPS) is 11.0. The van der Waals surface area contributed by atoms with Gasteiger partial charge in [-0.15, -0.1) is 24.0 Å². The summed E-state index contributed by atoms with van der Waals surface area (Å²) >= 11 is 0. The van der Waals surface area contributed by atoms with Crippen LogP contribution in [0, 0.1) is 0 Å². The minimum Gasteiger partial charge on any atom is -0.352 e. The molecule has 6 nitrogen and oxygen atoms in total. The summed E-state index contributed by atoms with van der Waals surface area (Å²) in [6, 6.07) is 16.9.